The molecule has 0 spiro atoms. The summed E-state index contributed by atoms with van der Waals surface area (Å²) in [5.41, 5.74) is 0.495. The average molecular weight is 436 g/mol. The summed E-state index contributed by atoms with van der Waals surface area (Å²) in [4.78, 5) is 12.8. The number of aliphatic hydroxyl groups is 4. The van der Waals surface area contributed by atoms with E-state index in [2.05, 4.69) is 0 Å². The van der Waals surface area contributed by atoms with E-state index in [1.807, 2.05) is 0 Å². The predicted molar refractivity (Wildman–Crippen MR) is 105 cm³/mol. The summed E-state index contributed by atoms with van der Waals surface area (Å²) in [7, 11) is 0. The highest BCUT2D eigenvalue weighted by molar-refractivity contribution is 6.01. The molecule has 5 atom stereocenters. The van der Waals surface area contributed by atoms with Crippen molar-refractivity contribution in [1.82, 2.24) is 0 Å². The summed E-state index contributed by atoms with van der Waals surface area (Å²) in [5.74, 6) is -1.74. The molecular weight excluding hydrogens is 412 g/mol. The fourth-order valence-electron chi connectivity index (χ4n) is 3.30. The molecule has 1 aliphatic rings. The number of phenols is 3. The van der Waals surface area contributed by atoms with Crippen molar-refractivity contribution in [3.05, 3.63) is 47.5 Å². The molecule has 0 saturated carbocycles. The minimum absolute atomic E-state index is 0.0475. The van der Waals surface area contributed by atoms with Crippen LogP contribution in [0, 0.1) is 0 Å². The number of aliphatic hydroxyl groups excluding tert-OH is 4. The fourth-order valence-corrected chi connectivity index (χ4v) is 3.30. The molecule has 1 fully saturated rings. The van der Waals surface area contributed by atoms with E-state index in [9.17, 15) is 40.5 Å². The van der Waals surface area contributed by atoms with Gasteiger partial charge >= 0.3 is 0 Å². The highest BCUT2D eigenvalue weighted by Crippen LogP contribution is 2.36. The van der Waals surface area contributed by atoms with Crippen LogP contribution in [0.15, 0.2) is 36.4 Å². The average Bonchev–Trinajstić information content (AvgIpc) is 2.73. The molecular formula is C21H24O10. The third-order valence-electron chi connectivity index (χ3n) is 5.01. The Balaban J connectivity index is 1.82. The molecule has 31 heavy (non-hydrogen) atoms. The summed E-state index contributed by atoms with van der Waals surface area (Å²) in [6.07, 6.45) is -7.61. The van der Waals surface area contributed by atoms with Crippen molar-refractivity contribution in [1.29, 1.82) is 0 Å². The van der Waals surface area contributed by atoms with E-state index in [4.69, 9.17) is 9.47 Å². The van der Waals surface area contributed by atoms with Crippen LogP contribution < -0.4 is 4.74 Å². The van der Waals surface area contributed by atoms with E-state index in [0.29, 0.717) is 6.42 Å². The maximum absolute atomic E-state index is 12.8. The SMILES string of the molecule is O=C(CCc1ccc(O)cc1)c1c(O)cc(O)cc1O[C@H]1O[C@@H](CO)[C@H](O)[C@H](O)[C@H]1O. The number of Topliss-reactive ketones (excluding diaryl/α,β-unsaturated/α-hetero) is 1. The van der Waals surface area contributed by atoms with E-state index in [0.717, 1.165) is 17.7 Å². The molecule has 2 aromatic rings. The highest BCUT2D eigenvalue weighted by Gasteiger charge is 2.45. The van der Waals surface area contributed by atoms with Crippen molar-refractivity contribution in [3.8, 4) is 23.0 Å². The van der Waals surface area contributed by atoms with E-state index in [-0.39, 0.29) is 23.5 Å². The van der Waals surface area contributed by atoms with E-state index >= 15 is 0 Å². The zero-order chi connectivity index (χ0) is 22.7. The maximum Gasteiger partial charge on any atom is 0.229 e. The van der Waals surface area contributed by atoms with Crippen LogP contribution in [0.2, 0.25) is 0 Å². The molecule has 10 heteroatoms. The summed E-state index contributed by atoms with van der Waals surface area (Å²) in [6.45, 7) is -0.672. The number of aromatic hydroxyl groups is 3. The smallest absolute Gasteiger partial charge is 0.229 e. The molecule has 1 saturated heterocycles. The van der Waals surface area contributed by atoms with Crippen molar-refractivity contribution in [2.75, 3.05) is 6.61 Å². The molecule has 1 aliphatic heterocycles. The second kappa shape index (κ2) is 9.50. The number of hydrogen-bond acceptors (Lipinski definition) is 10. The molecule has 0 amide bonds. The van der Waals surface area contributed by atoms with Crippen LogP contribution in [0.1, 0.15) is 22.3 Å². The lowest BCUT2D eigenvalue weighted by Gasteiger charge is -2.39. The quantitative estimate of drug-likeness (QED) is 0.288. The van der Waals surface area contributed by atoms with Crippen LogP contribution in [0.5, 0.6) is 23.0 Å². The normalized spacial score (nSPS) is 25.9. The summed E-state index contributed by atoms with van der Waals surface area (Å²) < 4.78 is 10.7. The van der Waals surface area contributed by atoms with Crippen LogP contribution in [-0.4, -0.2) is 78.8 Å². The zero-order valence-corrected chi connectivity index (χ0v) is 16.3. The number of rotatable bonds is 7. The maximum atomic E-state index is 12.8. The molecule has 168 valence electrons. The first-order chi connectivity index (χ1) is 14.7. The summed E-state index contributed by atoms with van der Waals surface area (Å²) in [6, 6.07) is 8.23. The van der Waals surface area contributed by atoms with Crippen molar-refractivity contribution >= 4 is 5.78 Å². The van der Waals surface area contributed by atoms with Gasteiger partial charge in [0.05, 0.1) is 6.61 Å². The van der Waals surface area contributed by atoms with Gasteiger partial charge in [-0.3, -0.25) is 4.79 Å². The van der Waals surface area contributed by atoms with Gasteiger partial charge in [0, 0.05) is 18.6 Å². The van der Waals surface area contributed by atoms with Crippen molar-refractivity contribution < 1.29 is 50.0 Å². The number of benzene rings is 2. The Bertz CT molecular complexity index is 911. The van der Waals surface area contributed by atoms with Gasteiger partial charge in [-0.15, -0.1) is 0 Å². The first kappa shape index (κ1) is 22.8. The lowest BCUT2D eigenvalue weighted by atomic mass is 9.99. The summed E-state index contributed by atoms with van der Waals surface area (Å²) in [5, 5.41) is 68.6. The second-order valence-corrected chi connectivity index (χ2v) is 7.24. The Labute approximate surface area is 177 Å². The number of carbonyl (C=O) groups is 1. The van der Waals surface area contributed by atoms with Gasteiger partial charge in [-0.05, 0) is 24.1 Å². The molecule has 10 nitrogen and oxygen atoms in total. The van der Waals surface area contributed by atoms with Gasteiger partial charge in [-0.1, -0.05) is 12.1 Å². The number of hydrogen-bond donors (Lipinski definition) is 7. The number of phenolic OH excluding ortho intramolecular Hbond substituents is 3. The molecule has 0 bridgehead atoms. The standard InChI is InChI=1S/C21H24O10/c22-9-16-18(27)19(28)20(29)21(31-16)30-15-8-12(24)7-14(26)17(15)13(25)6-3-10-1-4-11(23)5-2-10/h1-2,4-5,7-8,16,18-24,26-29H,3,6,9H2/t16-,18-,19-,20+,21-/m0/s1. The van der Waals surface area contributed by atoms with E-state index in [1.54, 1.807) is 12.1 Å². The van der Waals surface area contributed by atoms with Crippen molar-refractivity contribution in [2.45, 2.75) is 43.5 Å². The molecule has 0 unspecified atom stereocenters. The lowest BCUT2D eigenvalue weighted by Crippen LogP contribution is -2.60. The van der Waals surface area contributed by atoms with Crippen LogP contribution in [-0.2, 0) is 11.2 Å². The Morgan fingerprint density at radius 3 is 2.26 bits per heavy atom. The van der Waals surface area contributed by atoms with Crippen molar-refractivity contribution in [3.63, 3.8) is 0 Å². The monoisotopic (exact) mass is 436 g/mol. The summed E-state index contributed by atoms with van der Waals surface area (Å²) >= 11 is 0. The third kappa shape index (κ3) is 5.06. The second-order valence-electron chi connectivity index (χ2n) is 7.24. The van der Waals surface area contributed by atoms with Crippen LogP contribution in [0.4, 0.5) is 0 Å². The zero-order valence-electron chi connectivity index (χ0n) is 16.3. The van der Waals surface area contributed by atoms with Gasteiger partial charge in [0.1, 0.15) is 53.0 Å². The molecule has 7 N–H and O–H groups in total. The fraction of sp³-hybridized carbons (Fsp3) is 0.381. The molecule has 1 heterocycles. The Morgan fingerprint density at radius 1 is 0.935 bits per heavy atom. The number of ether oxygens (including phenoxy) is 2. The Hall–Kier alpha value is -2.89. The van der Waals surface area contributed by atoms with Gasteiger partial charge in [-0.25, -0.2) is 0 Å². The van der Waals surface area contributed by atoms with Gasteiger partial charge in [-0.2, -0.15) is 0 Å². The van der Waals surface area contributed by atoms with Gasteiger partial charge in [0.15, 0.2) is 5.78 Å². The topological polar surface area (TPSA) is 177 Å². The first-order valence-corrected chi connectivity index (χ1v) is 9.55. The van der Waals surface area contributed by atoms with Crippen LogP contribution in [0.25, 0.3) is 0 Å². The number of carbonyl (C=O) groups excluding carboxylic acids is 1. The van der Waals surface area contributed by atoms with Crippen LogP contribution >= 0.6 is 0 Å². The van der Waals surface area contributed by atoms with E-state index < -0.39 is 54.6 Å². The predicted octanol–water partition coefficient (Wildman–Crippen LogP) is -0.202. The lowest BCUT2D eigenvalue weighted by molar-refractivity contribution is -0.277. The minimum Gasteiger partial charge on any atom is -0.508 e. The number of ketones is 1. The third-order valence-corrected chi connectivity index (χ3v) is 5.01. The molecule has 0 aliphatic carbocycles. The minimum atomic E-state index is -1.73. The van der Waals surface area contributed by atoms with Crippen LogP contribution in [0.3, 0.4) is 0 Å². The van der Waals surface area contributed by atoms with Crippen molar-refractivity contribution in [2.24, 2.45) is 0 Å². The van der Waals surface area contributed by atoms with Gasteiger partial charge in [0.2, 0.25) is 6.29 Å². The Kier molecular flexibility index (Phi) is 6.98. The molecule has 3 rings (SSSR count). The van der Waals surface area contributed by atoms with E-state index in [1.165, 1.54) is 12.1 Å². The Morgan fingerprint density at radius 2 is 1.61 bits per heavy atom. The number of aryl methyl sites for hydroxylation is 1. The largest absolute Gasteiger partial charge is 0.508 e. The molecule has 0 aromatic heterocycles. The van der Waals surface area contributed by atoms with Gasteiger partial charge < -0.3 is 45.2 Å². The molecule has 2 aromatic carbocycles. The highest BCUT2D eigenvalue weighted by atomic mass is 16.7. The van der Waals surface area contributed by atoms with Gasteiger partial charge in [0.25, 0.3) is 0 Å². The molecule has 0 radical (unpaired) electrons. The first-order valence-electron chi connectivity index (χ1n) is 9.55.